The molecule has 0 amide bonds. The number of ether oxygens (including phenoxy) is 1. The van der Waals surface area contributed by atoms with Gasteiger partial charge in [-0.2, -0.15) is 0 Å². The van der Waals surface area contributed by atoms with E-state index < -0.39 is 22.0 Å². The number of hydrogen-bond acceptors (Lipinski definition) is 4. The van der Waals surface area contributed by atoms with Gasteiger partial charge in [0.15, 0.2) is 0 Å². The fourth-order valence-corrected chi connectivity index (χ4v) is 2.80. The summed E-state index contributed by atoms with van der Waals surface area (Å²) in [6.07, 6.45) is 1.07. The molecule has 0 saturated carbocycles. The van der Waals surface area contributed by atoms with Gasteiger partial charge in [-0.1, -0.05) is 18.2 Å². The molecule has 1 rings (SSSR count). The van der Waals surface area contributed by atoms with Crippen LogP contribution in [0, 0.1) is 0 Å². The Bertz CT molecular complexity index is 498. The molecule has 1 aromatic rings. The predicted octanol–water partition coefficient (Wildman–Crippen LogP) is 1.40. The van der Waals surface area contributed by atoms with E-state index >= 15 is 0 Å². The fraction of sp³-hybridized carbons (Fsp3) is 0.417. The molecule has 100 valence electrons. The SMILES string of the molecule is CCOC(=O)[C@@H](C)N(c1ccccc1)S(C)(=O)=O. The predicted molar refractivity (Wildman–Crippen MR) is 69.9 cm³/mol. The highest BCUT2D eigenvalue weighted by Crippen LogP contribution is 2.20. The molecular weight excluding hydrogens is 254 g/mol. The first-order chi connectivity index (χ1) is 8.38. The van der Waals surface area contributed by atoms with Gasteiger partial charge in [0.2, 0.25) is 10.0 Å². The van der Waals surface area contributed by atoms with Gasteiger partial charge in [0.05, 0.1) is 18.6 Å². The molecule has 0 aliphatic carbocycles. The van der Waals surface area contributed by atoms with Gasteiger partial charge < -0.3 is 4.74 Å². The van der Waals surface area contributed by atoms with E-state index in [4.69, 9.17) is 4.74 Å². The largest absolute Gasteiger partial charge is 0.464 e. The van der Waals surface area contributed by atoms with E-state index in [1.165, 1.54) is 6.92 Å². The minimum atomic E-state index is -3.55. The van der Waals surface area contributed by atoms with Gasteiger partial charge >= 0.3 is 5.97 Å². The van der Waals surface area contributed by atoms with Crippen LogP contribution in [0.25, 0.3) is 0 Å². The zero-order valence-corrected chi connectivity index (χ0v) is 11.5. The average Bonchev–Trinajstić information content (AvgIpc) is 2.29. The van der Waals surface area contributed by atoms with E-state index in [1.807, 2.05) is 0 Å². The number of esters is 1. The molecule has 0 fully saturated rings. The summed E-state index contributed by atoms with van der Waals surface area (Å²) in [4.78, 5) is 11.7. The number of rotatable bonds is 5. The molecule has 0 N–H and O–H groups in total. The lowest BCUT2D eigenvalue weighted by molar-refractivity contribution is -0.144. The molecule has 6 heteroatoms. The standard InChI is InChI=1S/C12H17NO4S/c1-4-17-12(14)10(2)13(18(3,15)16)11-8-6-5-7-9-11/h5-10H,4H2,1-3H3/t10-/m1/s1. The third-order valence-corrected chi connectivity index (χ3v) is 3.59. The van der Waals surface area contributed by atoms with Crippen LogP contribution in [0.15, 0.2) is 30.3 Å². The molecule has 0 heterocycles. The number of sulfonamides is 1. The Morgan fingerprint density at radius 2 is 1.89 bits per heavy atom. The molecule has 1 atom stereocenters. The molecule has 5 nitrogen and oxygen atoms in total. The van der Waals surface area contributed by atoms with E-state index in [0.717, 1.165) is 10.6 Å². The maximum atomic E-state index is 11.8. The quantitative estimate of drug-likeness (QED) is 0.759. The van der Waals surface area contributed by atoms with Crippen LogP contribution in [0.1, 0.15) is 13.8 Å². The zero-order valence-electron chi connectivity index (χ0n) is 10.7. The Kier molecular flexibility index (Phi) is 4.72. The van der Waals surface area contributed by atoms with Crippen LogP contribution in [-0.4, -0.2) is 33.3 Å². The van der Waals surface area contributed by atoms with Gasteiger partial charge in [0.25, 0.3) is 0 Å². The first kappa shape index (κ1) is 14.5. The van der Waals surface area contributed by atoms with Gasteiger partial charge in [-0.3, -0.25) is 4.31 Å². The summed E-state index contributed by atoms with van der Waals surface area (Å²) in [6, 6.07) is 7.59. The van der Waals surface area contributed by atoms with Crippen molar-refractivity contribution in [2.45, 2.75) is 19.9 Å². The average molecular weight is 271 g/mol. The van der Waals surface area contributed by atoms with E-state index in [2.05, 4.69) is 0 Å². The molecule has 0 aromatic heterocycles. The summed E-state index contributed by atoms with van der Waals surface area (Å²) in [7, 11) is -3.55. The third kappa shape index (κ3) is 3.46. The van der Waals surface area contributed by atoms with Crippen LogP contribution in [0.5, 0.6) is 0 Å². The van der Waals surface area contributed by atoms with E-state index in [0.29, 0.717) is 5.69 Å². The Balaban J connectivity index is 3.12. The molecule has 1 aromatic carbocycles. The van der Waals surface area contributed by atoms with Crippen molar-refractivity contribution in [3.05, 3.63) is 30.3 Å². The Hall–Kier alpha value is -1.56. The van der Waals surface area contributed by atoms with Crippen LogP contribution in [0.3, 0.4) is 0 Å². The second-order valence-corrected chi connectivity index (χ2v) is 5.68. The van der Waals surface area contributed by atoms with E-state index in [1.54, 1.807) is 37.3 Å². The summed E-state index contributed by atoms with van der Waals surface area (Å²) in [5.41, 5.74) is 0.445. The van der Waals surface area contributed by atoms with E-state index in [9.17, 15) is 13.2 Å². The highest BCUT2D eigenvalue weighted by atomic mass is 32.2. The van der Waals surface area contributed by atoms with Crippen molar-refractivity contribution in [1.82, 2.24) is 0 Å². The minimum absolute atomic E-state index is 0.218. The highest BCUT2D eigenvalue weighted by molar-refractivity contribution is 7.92. The van der Waals surface area contributed by atoms with Gasteiger partial charge in [-0.25, -0.2) is 13.2 Å². The van der Waals surface area contributed by atoms with Gasteiger partial charge in [-0.15, -0.1) is 0 Å². The Morgan fingerprint density at radius 1 is 1.33 bits per heavy atom. The van der Waals surface area contributed by atoms with Crippen molar-refractivity contribution >= 4 is 21.7 Å². The lowest BCUT2D eigenvalue weighted by atomic mass is 10.2. The molecule has 0 aliphatic rings. The summed E-state index contributed by atoms with van der Waals surface area (Å²) in [5, 5.41) is 0. The van der Waals surface area contributed by atoms with Crippen LogP contribution in [0.4, 0.5) is 5.69 Å². The second kappa shape index (κ2) is 5.86. The summed E-state index contributed by atoms with van der Waals surface area (Å²) < 4.78 is 29.5. The van der Waals surface area contributed by atoms with Gasteiger partial charge in [0, 0.05) is 0 Å². The number of nitrogens with zero attached hydrogens (tertiary/aromatic N) is 1. The van der Waals surface area contributed by atoms with Gasteiger partial charge in [0.1, 0.15) is 6.04 Å². The fourth-order valence-electron chi connectivity index (χ4n) is 1.64. The first-order valence-corrected chi connectivity index (χ1v) is 7.44. The number of benzene rings is 1. The third-order valence-electron chi connectivity index (χ3n) is 2.35. The summed E-state index contributed by atoms with van der Waals surface area (Å²) >= 11 is 0. The van der Waals surface area contributed by atoms with Crippen LogP contribution < -0.4 is 4.31 Å². The lowest BCUT2D eigenvalue weighted by Gasteiger charge is -2.27. The minimum Gasteiger partial charge on any atom is -0.464 e. The number of hydrogen-bond donors (Lipinski definition) is 0. The van der Waals surface area contributed by atoms with Crippen molar-refractivity contribution < 1.29 is 17.9 Å². The van der Waals surface area contributed by atoms with Crippen molar-refractivity contribution in [1.29, 1.82) is 0 Å². The second-order valence-electron chi connectivity index (χ2n) is 3.82. The molecule has 0 unspecified atom stereocenters. The molecule has 0 saturated heterocycles. The van der Waals surface area contributed by atoms with Crippen molar-refractivity contribution in [2.75, 3.05) is 17.2 Å². The number of anilines is 1. The lowest BCUT2D eigenvalue weighted by Crippen LogP contribution is -2.43. The van der Waals surface area contributed by atoms with Crippen LogP contribution >= 0.6 is 0 Å². The first-order valence-electron chi connectivity index (χ1n) is 5.59. The zero-order chi connectivity index (χ0) is 13.8. The summed E-state index contributed by atoms with van der Waals surface area (Å²) in [6.45, 7) is 3.40. The maximum Gasteiger partial charge on any atom is 0.329 e. The molecule has 0 spiro atoms. The van der Waals surface area contributed by atoms with Crippen molar-refractivity contribution in [3.63, 3.8) is 0 Å². The topological polar surface area (TPSA) is 63.7 Å². The Labute approximate surface area is 107 Å². The smallest absolute Gasteiger partial charge is 0.329 e. The molecule has 18 heavy (non-hydrogen) atoms. The van der Waals surface area contributed by atoms with Crippen molar-refractivity contribution in [2.24, 2.45) is 0 Å². The highest BCUT2D eigenvalue weighted by Gasteiger charge is 2.29. The summed E-state index contributed by atoms with van der Waals surface area (Å²) in [5.74, 6) is -0.563. The van der Waals surface area contributed by atoms with Gasteiger partial charge in [-0.05, 0) is 26.0 Å². The molecule has 0 bridgehead atoms. The molecular formula is C12H17NO4S. The Morgan fingerprint density at radius 3 is 2.33 bits per heavy atom. The monoisotopic (exact) mass is 271 g/mol. The van der Waals surface area contributed by atoms with Crippen LogP contribution in [0.2, 0.25) is 0 Å². The number of para-hydroxylation sites is 1. The maximum absolute atomic E-state index is 11.8. The molecule has 0 radical (unpaired) electrons. The number of carbonyl (C=O) groups is 1. The van der Waals surface area contributed by atoms with Crippen LogP contribution in [-0.2, 0) is 19.6 Å². The molecule has 0 aliphatic heterocycles. The normalized spacial score (nSPS) is 12.8. The van der Waals surface area contributed by atoms with Crippen molar-refractivity contribution in [3.8, 4) is 0 Å². The van der Waals surface area contributed by atoms with E-state index in [-0.39, 0.29) is 6.61 Å². The number of carbonyl (C=O) groups excluding carboxylic acids is 1.